The summed E-state index contributed by atoms with van der Waals surface area (Å²) in [5.41, 5.74) is 5.34. The van der Waals surface area contributed by atoms with Gasteiger partial charge in [-0.05, 0) is 18.2 Å². The van der Waals surface area contributed by atoms with E-state index in [1.165, 1.54) is 0 Å². The minimum Gasteiger partial charge on any atom is -0.370 e. The van der Waals surface area contributed by atoms with E-state index in [9.17, 15) is 18.0 Å². The molecule has 0 aromatic heterocycles. The van der Waals surface area contributed by atoms with Gasteiger partial charge in [-0.25, -0.2) is 13.2 Å². The summed E-state index contributed by atoms with van der Waals surface area (Å²) in [5.74, 6) is -4.52. The predicted molar refractivity (Wildman–Crippen MR) is 68.3 cm³/mol. The number of rotatable bonds is 4. The molecule has 3 N–H and O–H groups in total. The number of carbonyl (C=O) groups is 1. The monoisotopic (exact) mass is 280 g/mol. The van der Waals surface area contributed by atoms with Crippen molar-refractivity contribution in [2.75, 3.05) is 5.32 Å². The molecular weight excluding hydrogens is 269 g/mol. The number of hydrogen-bond acceptors (Lipinski definition) is 2. The molecule has 20 heavy (non-hydrogen) atoms. The van der Waals surface area contributed by atoms with Crippen molar-refractivity contribution in [3.05, 3.63) is 65.5 Å². The van der Waals surface area contributed by atoms with E-state index < -0.39 is 29.4 Å². The molecule has 6 heteroatoms. The van der Waals surface area contributed by atoms with Gasteiger partial charge in [-0.1, -0.05) is 18.2 Å². The van der Waals surface area contributed by atoms with E-state index in [4.69, 9.17) is 5.73 Å². The fourth-order valence-corrected chi connectivity index (χ4v) is 1.76. The summed E-state index contributed by atoms with van der Waals surface area (Å²) >= 11 is 0. The van der Waals surface area contributed by atoms with Crippen molar-refractivity contribution in [3.63, 3.8) is 0 Å². The number of nitrogens with two attached hydrogens (primary N) is 1. The van der Waals surface area contributed by atoms with Gasteiger partial charge >= 0.3 is 0 Å². The summed E-state index contributed by atoms with van der Waals surface area (Å²) in [6.07, 6.45) is 0. The van der Waals surface area contributed by atoms with Crippen molar-refractivity contribution in [2.45, 2.75) is 6.04 Å². The van der Waals surface area contributed by atoms with Gasteiger partial charge in [0.1, 0.15) is 11.9 Å². The van der Waals surface area contributed by atoms with E-state index in [1.54, 1.807) is 30.3 Å². The summed E-state index contributed by atoms with van der Waals surface area (Å²) in [5, 5.41) is 2.68. The second-order valence-corrected chi connectivity index (χ2v) is 4.13. The first kappa shape index (κ1) is 13.9. The van der Waals surface area contributed by atoms with Crippen molar-refractivity contribution in [1.29, 1.82) is 0 Å². The second kappa shape index (κ2) is 5.64. The van der Waals surface area contributed by atoms with Gasteiger partial charge in [-0.15, -0.1) is 0 Å². The van der Waals surface area contributed by atoms with Gasteiger partial charge in [0.15, 0.2) is 11.6 Å². The molecule has 0 fully saturated rings. The van der Waals surface area contributed by atoms with Gasteiger partial charge in [0.25, 0.3) is 0 Å². The quantitative estimate of drug-likeness (QED) is 0.846. The highest BCUT2D eigenvalue weighted by atomic mass is 19.2. The third kappa shape index (κ3) is 2.90. The van der Waals surface area contributed by atoms with Crippen molar-refractivity contribution in [3.8, 4) is 0 Å². The van der Waals surface area contributed by atoms with E-state index in [0.29, 0.717) is 17.8 Å². The molecule has 0 bridgehead atoms. The maximum atomic E-state index is 13.7. The fourth-order valence-electron chi connectivity index (χ4n) is 1.76. The standard InChI is InChI=1S/C14H11F3N2O/c15-10-7-12(17)11(16)6-9(10)13(14(18)20)19-8-4-2-1-3-5-8/h1-7,13,19H,(H2,18,20). The van der Waals surface area contributed by atoms with E-state index in [-0.39, 0.29) is 5.56 Å². The Morgan fingerprint density at radius 1 is 1.00 bits per heavy atom. The van der Waals surface area contributed by atoms with Gasteiger partial charge in [0.05, 0.1) is 0 Å². The summed E-state index contributed by atoms with van der Waals surface area (Å²) < 4.78 is 39.8. The van der Waals surface area contributed by atoms with Crippen LogP contribution < -0.4 is 11.1 Å². The lowest BCUT2D eigenvalue weighted by atomic mass is 10.0. The predicted octanol–water partition coefficient (Wildman–Crippen LogP) is 2.74. The van der Waals surface area contributed by atoms with Gasteiger partial charge in [0, 0.05) is 17.3 Å². The van der Waals surface area contributed by atoms with Gasteiger partial charge < -0.3 is 11.1 Å². The Balaban J connectivity index is 2.39. The highest BCUT2D eigenvalue weighted by Crippen LogP contribution is 2.24. The minimum absolute atomic E-state index is 0.347. The fraction of sp³-hybridized carbons (Fsp3) is 0.0714. The highest BCUT2D eigenvalue weighted by molar-refractivity contribution is 5.84. The molecule has 0 spiro atoms. The topological polar surface area (TPSA) is 55.1 Å². The number of anilines is 1. The molecule has 1 atom stereocenters. The zero-order chi connectivity index (χ0) is 14.7. The number of para-hydroxylation sites is 1. The lowest BCUT2D eigenvalue weighted by Gasteiger charge is -2.18. The first-order valence-electron chi connectivity index (χ1n) is 5.74. The first-order chi connectivity index (χ1) is 9.49. The van der Waals surface area contributed by atoms with Gasteiger partial charge in [-0.2, -0.15) is 0 Å². The lowest BCUT2D eigenvalue weighted by molar-refractivity contribution is -0.118. The van der Waals surface area contributed by atoms with Crippen molar-refractivity contribution in [1.82, 2.24) is 0 Å². The highest BCUT2D eigenvalue weighted by Gasteiger charge is 2.23. The number of primary amides is 1. The van der Waals surface area contributed by atoms with Crippen LogP contribution in [0, 0.1) is 17.5 Å². The number of hydrogen-bond donors (Lipinski definition) is 2. The number of benzene rings is 2. The Morgan fingerprint density at radius 3 is 2.20 bits per heavy atom. The van der Waals surface area contributed by atoms with Gasteiger partial charge in [-0.3, -0.25) is 4.79 Å². The zero-order valence-electron chi connectivity index (χ0n) is 10.2. The average Bonchev–Trinajstić information content (AvgIpc) is 2.41. The number of carbonyl (C=O) groups excluding carboxylic acids is 1. The molecule has 1 amide bonds. The number of amides is 1. The average molecular weight is 280 g/mol. The van der Waals surface area contributed by atoms with Crippen molar-refractivity contribution < 1.29 is 18.0 Å². The third-order valence-electron chi connectivity index (χ3n) is 2.72. The van der Waals surface area contributed by atoms with Crippen LogP contribution in [0.15, 0.2) is 42.5 Å². The maximum Gasteiger partial charge on any atom is 0.244 e. The molecule has 0 radical (unpaired) electrons. The maximum absolute atomic E-state index is 13.7. The first-order valence-corrected chi connectivity index (χ1v) is 5.74. The Bertz CT molecular complexity index is 632. The van der Waals surface area contributed by atoms with Crippen molar-refractivity contribution in [2.24, 2.45) is 5.73 Å². The largest absolute Gasteiger partial charge is 0.370 e. The molecule has 0 aliphatic rings. The van der Waals surface area contributed by atoms with E-state index >= 15 is 0 Å². The summed E-state index contributed by atoms with van der Waals surface area (Å²) in [6, 6.07) is 8.12. The molecule has 1 unspecified atom stereocenters. The second-order valence-electron chi connectivity index (χ2n) is 4.13. The molecule has 0 aliphatic carbocycles. The Kier molecular flexibility index (Phi) is 3.93. The van der Waals surface area contributed by atoms with Gasteiger partial charge in [0.2, 0.25) is 5.91 Å². The lowest BCUT2D eigenvalue weighted by Crippen LogP contribution is -2.28. The van der Waals surface area contributed by atoms with Crippen LogP contribution in [-0.4, -0.2) is 5.91 Å². The van der Waals surface area contributed by atoms with Crippen LogP contribution in [0.4, 0.5) is 18.9 Å². The van der Waals surface area contributed by atoms with Crippen LogP contribution >= 0.6 is 0 Å². The Hall–Kier alpha value is -2.50. The molecule has 2 rings (SSSR count). The molecular formula is C14H11F3N2O. The normalized spacial score (nSPS) is 11.9. The Labute approximate surface area is 113 Å². The number of halogens is 3. The molecule has 104 valence electrons. The van der Waals surface area contributed by atoms with Crippen molar-refractivity contribution >= 4 is 11.6 Å². The zero-order valence-corrected chi connectivity index (χ0v) is 10.2. The van der Waals surface area contributed by atoms with E-state index in [2.05, 4.69) is 5.32 Å². The number of nitrogens with one attached hydrogen (secondary N) is 1. The Morgan fingerprint density at radius 2 is 1.60 bits per heavy atom. The summed E-state index contributed by atoms with van der Waals surface area (Å²) in [4.78, 5) is 11.4. The van der Waals surface area contributed by atoms with Crippen LogP contribution in [0.3, 0.4) is 0 Å². The molecule has 0 saturated carbocycles. The van der Waals surface area contributed by atoms with E-state index in [0.717, 1.165) is 0 Å². The van der Waals surface area contributed by atoms with Crippen LogP contribution in [-0.2, 0) is 4.79 Å². The summed E-state index contributed by atoms with van der Waals surface area (Å²) in [6.45, 7) is 0. The van der Waals surface area contributed by atoms with E-state index in [1.807, 2.05) is 0 Å². The molecule has 0 saturated heterocycles. The molecule has 3 nitrogen and oxygen atoms in total. The van der Waals surface area contributed by atoms with Crippen LogP contribution in [0.2, 0.25) is 0 Å². The SMILES string of the molecule is NC(=O)C(Nc1ccccc1)c1cc(F)c(F)cc1F. The molecule has 2 aromatic carbocycles. The summed E-state index contributed by atoms with van der Waals surface area (Å²) in [7, 11) is 0. The third-order valence-corrected chi connectivity index (χ3v) is 2.72. The minimum atomic E-state index is -1.32. The van der Waals surface area contributed by atoms with Crippen LogP contribution in [0.25, 0.3) is 0 Å². The smallest absolute Gasteiger partial charge is 0.244 e. The van der Waals surface area contributed by atoms with Crippen LogP contribution in [0.1, 0.15) is 11.6 Å². The molecule has 0 aliphatic heterocycles. The molecule has 0 heterocycles. The van der Waals surface area contributed by atoms with Crippen LogP contribution in [0.5, 0.6) is 0 Å². The molecule has 2 aromatic rings.